The van der Waals surface area contributed by atoms with Crippen molar-refractivity contribution in [2.24, 2.45) is 0 Å². The van der Waals surface area contributed by atoms with Crippen molar-refractivity contribution in [2.45, 2.75) is 18.0 Å². The summed E-state index contributed by atoms with van der Waals surface area (Å²) in [5.41, 5.74) is 3.63. The largest absolute Gasteiger partial charge is 0.359 e. The van der Waals surface area contributed by atoms with Crippen LogP contribution in [0.3, 0.4) is 0 Å². The number of fused-ring (bicyclic) bond motifs is 1. The van der Waals surface area contributed by atoms with E-state index >= 15 is 0 Å². The quantitative estimate of drug-likeness (QED) is 0.246. The Bertz CT molecular complexity index is 1600. The molecule has 0 radical (unpaired) electrons. The maximum Gasteiger partial charge on any atom is 0.259 e. The second-order valence-electron chi connectivity index (χ2n) is 9.72. The Hall–Kier alpha value is -3.66. The number of amides is 1. The lowest BCUT2D eigenvalue weighted by Gasteiger charge is -2.33. The molecule has 0 bridgehead atoms. The number of piperazine rings is 1. The zero-order chi connectivity index (χ0) is 27.6. The summed E-state index contributed by atoms with van der Waals surface area (Å²) in [6, 6.07) is 24.5. The molecule has 0 spiro atoms. The zero-order valence-corrected chi connectivity index (χ0v) is 23.2. The van der Waals surface area contributed by atoms with Gasteiger partial charge in [-0.1, -0.05) is 66.2 Å². The first-order valence-corrected chi connectivity index (χ1v) is 14.5. The highest BCUT2D eigenvalue weighted by Crippen LogP contribution is 2.25. The Balaban J connectivity index is 1.17. The van der Waals surface area contributed by atoms with Crippen LogP contribution in [0.4, 0.5) is 0 Å². The standard InChI is InChI=1S/C29H30ClN5O3S/c1-33(14-13-21-5-3-2-4-6-21)29(31)23-9-7-22(8-10-23)19-34-15-16-35(20-28(34)36)39(37,38)27-18-24-17-25(30)11-12-26(24)32-27/h2-12,17-18,31-32H,13-16,19-20H2,1H3. The number of likely N-dealkylation sites (N-methyl/N-ethyl adjacent to an activating group) is 1. The van der Waals surface area contributed by atoms with Crippen molar-refractivity contribution < 1.29 is 13.2 Å². The van der Waals surface area contributed by atoms with Gasteiger partial charge in [-0.05, 0) is 41.8 Å². The number of nitrogens with zero attached hydrogens (tertiary/aromatic N) is 3. The number of rotatable bonds is 8. The average molecular weight is 564 g/mol. The Morgan fingerprint density at radius 1 is 1.00 bits per heavy atom. The predicted molar refractivity (Wildman–Crippen MR) is 154 cm³/mol. The first kappa shape index (κ1) is 26.9. The third-order valence-electron chi connectivity index (χ3n) is 7.02. The zero-order valence-electron chi connectivity index (χ0n) is 21.6. The van der Waals surface area contributed by atoms with Gasteiger partial charge in [-0.15, -0.1) is 0 Å². The van der Waals surface area contributed by atoms with Gasteiger partial charge in [0.15, 0.2) is 0 Å². The summed E-state index contributed by atoms with van der Waals surface area (Å²) in [4.78, 5) is 19.4. The molecule has 1 aliphatic heterocycles. The van der Waals surface area contributed by atoms with Crippen LogP contribution >= 0.6 is 11.6 Å². The number of nitrogens with one attached hydrogen (secondary N) is 2. The summed E-state index contributed by atoms with van der Waals surface area (Å²) in [6.07, 6.45) is 0.857. The van der Waals surface area contributed by atoms with E-state index in [9.17, 15) is 13.2 Å². The Labute approximate surface area is 233 Å². The van der Waals surface area contributed by atoms with Crippen molar-refractivity contribution in [2.75, 3.05) is 33.2 Å². The molecule has 0 atom stereocenters. The highest BCUT2D eigenvalue weighted by molar-refractivity contribution is 7.89. The Morgan fingerprint density at radius 3 is 2.46 bits per heavy atom. The van der Waals surface area contributed by atoms with E-state index in [0.717, 1.165) is 24.1 Å². The lowest BCUT2D eigenvalue weighted by molar-refractivity contribution is -0.134. The molecule has 0 saturated carbocycles. The smallest absolute Gasteiger partial charge is 0.259 e. The van der Waals surface area contributed by atoms with Gasteiger partial charge in [-0.2, -0.15) is 4.31 Å². The van der Waals surface area contributed by atoms with E-state index in [1.807, 2.05) is 54.4 Å². The summed E-state index contributed by atoms with van der Waals surface area (Å²) < 4.78 is 27.6. The molecule has 39 heavy (non-hydrogen) atoms. The predicted octanol–water partition coefficient (Wildman–Crippen LogP) is 4.35. The van der Waals surface area contributed by atoms with Gasteiger partial charge in [0.2, 0.25) is 5.91 Å². The lowest BCUT2D eigenvalue weighted by atomic mass is 10.1. The molecule has 10 heteroatoms. The summed E-state index contributed by atoms with van der Waals surface area (Å²) in [7, 11) is -1.94. The molecule has 3 aromatic carbocycles. The van der Waals surface area contributed by atoms with Gasteiger partial charge in [-0.3, -0.25) is 10.2 Å². The van der Waals surface area contributed by atoms with E-state index < -0.39 is 10.0 Å². The SMILES string of the molecule is CN(CCc1ccccc1)C(=N)c1ccc(CN2CCN(S(=O)(=O)c3cc4cc(Cl)ccc4[nH]3)CC2=O)cc1. The van der Waals surface area contributed by atoms with E-state index in [0.29, 0.717) is 34.9 Å². The minimum Gasteiger partial charge on any atom is -0.359 e. The molecule has 4 aromatic rings. The topological polar surface area (TPSA) is 101 Å². The van der Waals surface area contributed by atoms with E-state index in [-0.39, 0.29) is 24.0 Å². The molecule has 5 rings (SSSR count). The van der Waals surface area contributed by atoms with Crippen LogP contribution < -0.4 is 0 Å². The summed E-state index contributed by atoms with van der Waals surface area (Å²) in [5, 5.41) is 9.81. The summed E-state index contributed by atoms with van der Waals surface area (Å²) in [6.45, 7) is 1.41. The molecule has 1 amide bonds. The van der Waals surface area contributed by atoms with Gasteiger partial charge < -0.3 is 14.8 Å². The molecule has 0 aliphatic carbocycles. The van der Waals surface area contributed by atoms with Gasteiger partial charge >= 0.3 is 0 Å². The number of halogens is 1. The molecule has 1 aliphatic rings. The molecule has 0 unspecified atom stereocenters. The maximum atomic E-state index is 13.2. The minimum absolute atomic E-state index is 0.0489. The highest BCUT2D eigenvalue weighted by atomic mass is 35.5. The maximum absolute atomic E-state index is 13.2. The number of carbonyl (C=O) groups excluding carboxylic acids is 1. The van der Waals surface area contributed by atoms with E-state index in [4.69, 9.17) is 17.0 Å². The van der Waals surface area contributed by atoms with E-state index in [1.165, 1.54) is 9.87 Å². The Kier molecular flexibility index (Phi) is 7.74. The molecular formula is C29H30ClN5O3S. The van der Waals surface area contributed by atoms with Crippen molar-refractivity contribution in [3.05, 3.63) is 101 Å². The van der Waals surface area contributed by atoms with Crippen molar-refractivity contribution >= 4 is 44.3 Å². The van der Waals surface area contributed by atoms with Crippen LogP contribution in [0.15, 0.2) is 83.9 Å². The minimum atomic E-state index is -3.85. The van der Waals surface area contributed by atoms with Gasteiger partial charge in [0.05, 0.1) is 6.54 Å². The normalized spacial score (nSPS) is 14.6. The number of aromatic nitrogens is 1. The third kappa shape index (κ3) is 6.00. The first-order valence-electron chi connectivity index (χ1n) is 12.7. The first-order chi connectivity index (χ1) is 18.7. The molecule has 2 heterocycles. The number of benzene rings is 3. The van der Waals surface area contributed by atoms with Crippen molar-refractivity contribution in [1.82, 2.24) is 19.1 Å². The fraction of sp³-hybridized carbons (Fsp3) is 0.241. The van der Waals surface area contributed by atoms with Crippen LogP contribution in [0.1, 0.15) is 16.7 Å². The fourth-order valence-corrected chi connectivity index (χ4v) is 6.25. The molecule has 1 saturated heterocycles. The monoisotopic (exact) mass is 563 g/mol. The van der Waals surface area contributed by atoms with Crippen LogP contribution in [-0.2, 0) is 27.8 Å². The summed E-state index contributed by atoms with van der Waals surface area (Å²) >= 11 is 6.03. The van der Waals surface area contributed by atoms with Gasteiger partial charge in [0.25, 0.3) is 10.0 Å². The van der Waals surface area contributed by atoms with Crippen LogP contribution in [0.5, 0.6) is 0 Å². The van der Waals surface area contributed by atoms with Crippen molar-refractivity contribution in [3.63, 3.8) is 0 Å². The van der Waals surface area contributed by atoms with Crippen LogP contribution in [0, 0.1) is 5.41 Å². The number of hydrogen-bond acceptors (Lipinski definition) is 4. The second kappa shape index (κ2) is 11.2. The molecular weight excluding hydrogens is 534 g/mol. The number of amidine groups is 1. The van der Waals surface area contributed by atoms with E-state index in [2.05, 4.69) is 17.1 Å². The lowest BCUT2D eigenvalue weighted by Crippen LogP contribution is -2.51. The molecule has 1 aromatic heterocycles. The van der Waals surface area contributed by atoms with Crippen LogP contribution in [0.25, 0.3) is 10.9 Å². The molecule has 1 fully saturated rings. The van der Waals surface area contributed by atoms with Crippen LogP contribution in [0.2, 0.25) is 5.02 Å². The van der Waals surface area contributed by atoms with Crippen molar-refractivity contribution in [1.29, 1.82) is 5.41 Å². The number of hydrogen-bond donors (Lipinski definition) is 2. The number of sulfonamides is 1. The fourth-order valence-electron chi connectivity index (χ4n) is 4.68. The molecule has 8 nitrogen and oxygen atoms in total. The number of H-pyrrole nitrogens is 1. The van der Waals surface area contributed by atoms with Crippen molar-refractivity contribution in [3.8, 4) is 0 Å². The second-order valence-corrected chi connectivity index (χ2v) is 12.1. The highest BCUT2D eigenvalue weighted by Gasteiger charge is 2.33. The van der Waals surface area contributed by atoms with Gasteiger partial charge in [0, 0.05) is 54.7 Å². The van der Waals surface area contributed by atoms with Gasteiger partial charge in [-0.25, -0.2) is 8.42 Å². The molecule has 202 valence electrons. The van der Waals surface area contributed by atoms with E-state index in [1.54, 1.807) is 29.2 Å². The van der Waals surface area contributed by atoms with Gasteiger partial charge in [0.1, 0.15) is 10.9 Å². The van der Waals surface area contributed by atoms with Crippen LogP contribution in [-0.4, -0.2) is 72.5 Å². The number of aromatic amines is 1. The number of carbonyl (C=O) groups is 1. The molecule has 2 N–H and O–H groups in total. The third-order valence-corrected chi connectivity index (χ3v) is 9.02. The Morgan fingerprint density at radius 2 is 1.74 bits per heavy atom. The summed E-state index contributed by atoms with van der Waals surface area (Å²) in [5.74, 6) is 0.188. The average Bonchev–Trinajstić information content (AvgIpc) is 3.37.